The molecule has 5 heteroatoms. The Morgan fingerprint density at radius 2 is 2.06 bits per heavy atom. The van der Waals surface area contributed by atoms with Gasteiger partial charge < -0.3 is 19.3 Å². The quantitative estimate of drug-likeness (QED) is 0.860. The van der Waals surface area contributed by atoms with Gasteiger partial charge >= 0.3 is 0 Å². The van der Waals surface area contributed by atoms with Crippen molar-refractivity contribution in [1.82, 2.24) is 5.16 Å². The molecule has 1 N–H and O–H groups in total. The highest BCUT2D eigenvalue weighted by molar-refractivity contribution is 5.54. The van der Waals surface area contributed by atoms with E-state index in [0.29, 0.717) is 18.0 Å². The molecule has 5 nitrogen and oxygen atoms in total. The fourth-order valence-corrected chi connectivity index (χ4v) is 1.46. The highest BCUT2D eigenvalue weighted by atomic mass is 16.5. The summed E-state index contributed by atoms with van der Waals surface area (Å²) in [5.74, 6) is 1.41. The van der Waals surface area contributed by atoms with Crippen LogP contribution in [0.25, 0.3) is 0 Å². The molecule has 0 radical (unpaired) electrons. The summed E-state index contributed by atoms with van der Waals surface area (Å²) in [6.07, 6.45) is 3.28. The first-order valence-electron chi connectivity index (χ1n) is 5.17. The van der Waals surface area contributed by atoms with Crippen LogP contribution in [-0.4, -0.2) is 19.4 Å². The van der Waals surface area contributed by atoms with Gasteiger partial charge in [-0.15, -0.1) is 0 Å². The Bertz CT molecular complexity index is 469. The zero-order valence-electron chi connectivity index (χ0n) is 9.77. The molecule has 0 aliphatic heterocycles. The van der Waals surface area contributed by atoms with Crippen molar-refractivity contribution in [3.05, 3.63) is 36.2 Å². The lowest BCUT2D eigenvalue weighted by Crippen LogP contribution is -1.99. The molecule has 0 fully saturated rings. The molecule has 90 valence electrons. The lowest BCUT2D eigenvalue weighted by molar-refractivity contribution is 0.355. The lowest BCUT2D eigenvalue weighted by atomic mass is 10.2. The summed E-state index contributed by atoms with van der Waals surface area (Å²) in [7, 11) is 3.23. The number of aromatic nitrogens is 1. The van der Waals surface area contributed by atoms with E-state index in [0.717, 1.165) is 11.3 Å². The second kappa shape index (κ2) is 5.25. The Hall–Kier alpha value is -2.17. The van der Waals surface area contributed by atoms with Gasteiger partial charge in [0.05, 0.1) is 20.4 Å². The molecular formula is C12H14N2O3. The molecule has 0 saturated carbocycles. The van der Waals surface area contributed by atoms with Crippen LogP contribution in [-0.2, 0) is 6.54 Å². The van der Waals surface area contributed by atoms with E-state index in [9.17, 15) is 0 Å². The van der Waals surface area contributed by atoms with Gasteiger partial charge in [0.25, 0.3) is 0 Å². The Kier molecular flexibility index (Phi) is 3.49. The minimum absolute atomic E-state index is 0.652. The van der Waals surface area contributed by atoms with Crippen LogP contribution in [0.3, 0.4) is 0 Å². The number of rotatable bonds is 5. The molecule has 1 aromatic heterocycles. The van der Waals surface area contributed by atoms with Crippen LogP contribution in [0, 0.1) is 0 Å². The molecule has 0 bridgehead atoms. The summed E-state index contributed by atoms with van der Waals surface area (Å²) < 4.78 is 15.1. The Morgan fingerprint density at radius 1 is 1.24 bits per heavy atom. The van der Waals surface area contributed by atoms with Crippen LogP contribution in [0.4, 0.5) is 5.69 Å². The molecule has 0 aliphatic carbocycles. The number of nitrogens with zero attached hydrogens (tertiary/aromatic N) is 1. The van der Waals surface area contributed by atoms with Crippen molar-refractivity contribution in [1.29, 1.82) is 0 Å². The van der Waals surface area contributed by atoms with Crippen LogP contribution in [0.2, 0.25) is 0 Å². The summed E-state index contributed by atoms with van der Waals surface area (Å²) in [5.41, 5.74) is 1.93. The second-order valence-corrected chi connectivity index (χ2v) is 3.46. The maximum atomic E-state index is 5.22. The lowest BCUT2D eigenvalue weighted by Gasteiger charge is -2.10. The van der Waals surface area contributed by atoms with Crippen LogP contribution in [0.1, 0.15) is 5.56 Å². The van der Waals surface area contributed by atoms with Crippen molar-refractivity contribution in [3.8, 4) is 11.5 Å². The van der Waals surface area contributed by atoms with E-state index in [2.05, 4.69) is 10.5 Å². The number of methoxy groups -OCH3 is 2. The van der Waals surface area contributed by atoms with Crippen molar-refractivity contribution in [3.63, 3.8) is 0 Å². The van der Waals surface area contributed by atoms with Crippen molar-refractivity contribution in [2.24, 2.45) is 0 Å². The third-order valence-corrected chi connectivity index (χ3v) is 2.36. The molecule has 2 aromatic rings. The van der Waals surface area contributed by atoms with Crippen molar-refractivity contribution >= 4 is 5.69 Å². The minimum atomic E-state index is 0.652. The first-order chi connectivity index (χ1) is 8.33. The minimum Gasteiger partial charge on any atom is -0.493 e. The standard InChI is InChI=1S/C12H14N2O3/c1-15-11-4-3-10(5-12(11)16-2)13-6-9-7-14-17-8-9/h3-5,7-8,13H,6H2,1-2H3. The Balaban J connectivity index is 2.06. The van der Waals surface area contributed by atoms with Crippen LogP contribution < -0.4 is 14.8 Å². The van der Waals surface area contributed by atoms with E-state index in [-0.39, 0.29) is 0 Å². The number of anilines is 1. The van der Waals surface area contributed by atoms with E-state index in [1.165, 1.54) is 0 Å². The SMILES string of the molecule is COc1ccc(NCc2cnoc2)cc1OC. The molecule has 0 amide bonds. The molecule has 2 rings (SSSR count). The van der Waals surface area contributed by atoms with Gasteiger partial charge in [0, 0.05) is 23.9 Å². The molecule has 1 heterocycles. The van der Waals surface area contributed by atoms with E-state index >= 15 is 0 Å². The predicted octanol–water partition coefficient (Wildman–Crippen LogP) is 2.30. The number of hydrogen-bond donors (Lipinski definition) is 1. The topological polar surface area (TPSA) is 56.5 Å². The number of hydrogen-bond acceptors (Lipinski definition) is 5. The van der Waals surface area contributed by atoms with Crippen LogP contribution in [0.15, 0.2) is 35.2 Å². The highest BCUT2D eigenvalue weighted by Gasteiger charge is 2.04. The fourth-order valence-electron chi connectivity index (χ4n) is 1.46. The van der Waals surface area contributed by atoms with Gasteiger partial charge in [0.15, 0.2) is 11.5 Å². The third-order valence-electron chi connectivity index (χ3n) is 2.36. The second-order valence-electron chi connectivity index (χ2n) is 3.46. The van der Waals surface area contributed by atoms with E-state index in [4.69, 9.17) is 14.0 Å². The molecule has 0 aliphatic rings. The zero-order chi connectivity index (χ0) is 12.1. The summed E-state index contributed by atoms with van der Waals surface area (Å²) in [4.78, 5) is 0. The molecular weight excluding hydrogens is 220 g/mol. The summed E-state index contributed by atoms with van der Waals surface area (Å²) in [5, 5.41) is 6.87. The van der Waals surface area contributed by atoms with Crippen molar-refractivity contribution in [2.75, 3.05) is 19.5 Å². The Labute approximate surface area is 99.3 Å². The molecule has 0 unspecified atom stereocenters. The number of ether oxygens (including phenoxy) is 2. The molecule has 0 saturated heterocycles. The molecule has 0 spiro atoms. The van der Waals surface area contributed by atoms with Crippen LogP contribution in [0.5, 0.6) is 11.5 Å². The predicted molar refractivity (Wildman–Crippen MR) is 63.4 cm³/mol. The summed E-state index contributed by atoms with van der Waals surface area (Å²) in [6, 6.07) is 5.66. The normalized spacial score (nSPS) is 10.0. The number of nitrogens with one attached hydrogen (secondary N) is 1. The average molecular weight is 234 g/mol. The van der Waals surface area contributed by atoms with E-state index < -0.39 is 0 Å². The van der Waals surface area contributed by atoms with Crippen molar-refractivity contribution in [2.45, 2.75) is 6.54 Å². The van der Waals surface area contributed by atoms with E-state index in [1.807, 2.05) is 18.2 Å². The Morgan fingerprint density at radius 3 is 2.71 bits per heavy atom. The van der Waals surface area contributed by atoms with Gasteiger partial charge in [-0.25, -0.2) is 0 Å². The maximum Gasteiger partial charge on any atom is 0.162 e. The summed E-state index contributed by atoms with van der Waals surface area (Å²) >= 11 is 0. The fraction of sp³-hybridized carbons (Fsp3) is 0.250. The monoisotopic (exact) mass is 234 g/mol. The number of benzene rings is 1. The first-order valence-corrected chi connectivity index (χ1v) is 5.17. The molecule has 1 aromatic carbocycles. The molecule has 17 heavy (non-hydrogen) atoms. The maximum absolute atomic E-state index is 5.22. The highest BCUT2D eigenvalue weighted by Crippen LogP contribution is 2.29. The van der Waals surface area contributed by atoms with E-state index in [1.54, 1.807) is 26.7 Å². The van der Waals surface area contributed by atoms with Gasteiger partial charge in [-0.1, -0.05) is 5.16 Å². The third kappa shape index (κ3) is 2.69. The van der Waals surface area contributed by atoms with Gasteiger partial charge in [-0.3, -0.25) is 0 Å². The average Bonchev–Trinajstić information content (AvgIpc) is 2.89. The van der Waals surface area contributed by atoms with Gasteiger partial charge in [0.1, 0.15) is 6.26 Å². The summed E-state index contributed by atoms with van der Waals surface area (Å²) in [6.45, 7) is 0.652. The largest absolute Gasteiger partial charge is 0.493 e. The van der Waals surface area contributed by atoms with Crippen LogP contribution >= 0.6 is 0 Å². The molecule has 0 atom stereocenters. The zero-order valence-corrected chi connectivity index (χ0v) is 9.77. The van der Waals surface area contributed by atoms with Gasteiger partial charge in [0.2, 0.25) is 0 Å². The van der Waals surface area contributed by atoms with Gasteiger partial charge in [-0.2, -0.15) is 0 Å². The van der Waals surface area contributed by atoms with Gasteiger partial charge in [-0.05, 0) is 12.1 Å². The smallest absolute Gasteiger partial charge is 0.162 e. The van der Waals surface area contributed by atoms with Crippen molar-refractivity contribution < 1.29 is 14.0 Å². The first kappa shape index (κ1) is 11.3.